The van der Waals surface area contributed by atoms with E-state index < -0.39 is 0 Å². The van der Waals surface area contributed by atoms with Crippen LogP contribution >= 0.6 is 0 Å². The molecule has 6 heteroatoms. The molecule has 2 saturated heterocycles. The van der Waals surface area contributed by atoms with Crippen LogP contribution in [0.25, 0.3) is 0 Å². The summed E-state index contributed by atoms with van der Waals surface area (Å²) in [4.78, 5) is 17.0. The average molecular weight is 263 g/mol. The first-order chi connectivity index (χ1) is 9.16. The van der Waals surface area contributed by atoms with Gasteiger partial charge >= 0.3 is 0 Å². The minimum absolute atomic E-state index is 0.00368. The van der Waals surface area contributed by atoms with E-state index in [1.54, 1.807) is 0 Å². The number of aromatic amines is 1. The minimum atomic E-state index is 0.00368. The maximum absolute atomic E-state index is 12.5. The molecule has 0 bridgehead atoms. The first-order valence-corrected chi connectivity index (χ1v) is 7.00. The Kier molecular flexibility index (Phi) is 3.18. The molecule has 1 amide bonds. The molecule has 3 rings (SSSR count). The molecule has 3 heterocycles. The molecule has 3 N–H and O–H groups in total. The Morgan fingerprint density at radius 2 is 2.32 bits per heavy atom. The first-order valence-electron chi connectivity index (χ1n) is 7.00. The molecule has 2 aliphatic heterocycles. The number of fused-ring (bicyclic) bond motifs is 1. The Morgan fingerprint density at radius 1 is 1.47 bits per heavy atom. The van der Waals surface area contributed by atoms with Gasteiger partial charge in [0.05, 0.1) is 6.20 Å². The quantitative estimate of drug-likeness (QED) is 0.781. The highest BCUT2D eigenvalue weighted by Gasteiger charge is 2.36. The van der Waals surface area contributed by atoms with Gasteiger partial charge in [-0.05, 0) is 26.3 Å². The molecule has 6 nitrogen and oxygen atoms in total. The lowest BCUT2D eigenvalue weighted by atomic mass is 9.96. The van der Waals surface area contributed by atoms with E-state index in [0.29, 0.717) is 17.4 Å². The highest BCUT2D eigenvalue weighted by molar-refractivity contribution is 5.98. The highest BCUT2D eigenvalue weighted by Crippen LogP contribution is 2.25. The van der Waals surface area contributed by atoms with Crippen molar-refractivity contribution in [1.82, 2.24) is 20.0 Å². The summed E-state index contributed by atoms with van der Waals surface area (Å²) >= 11 is 0. The molecular formula is C13H21N5O. The summed E-state index contributed by atoms with van der Waals surface area (Å²) in [6, 6.07) is 0.748. The van der Waals surface area contributed by atoms with Gasteiger partial charge in [-0.2, -0.15) is 5.10 Å². The zero-order valence-corrected chi connectivity index (χ0v) is 11.3. The van der Waals surface area contributed by atoms with Crippen LogP contribution in [0.3, 0.4) is 0 Å². The van der Waals surface area contributed by atoms with E-state index in [-0.39, 0.29) is 11.9 Å². The SMILES string of the molecule is CC1CN2CCCCC2CN1C(=O)c1cn[nH]c1N. The van der Waals surface area contributed by atoms with E-state index in [9.17, 15) is 4.79 Å². The molecule has 2 aliphatic rings. The fourth-order valence-corrected chi connectivity index (χ4v) is 3.26. The summed E-state index contributed by atoms with van der Waals surface area (Å²) in [7, 11) is 0. The molecule has 2 unspecified atom stereocenters. The molecule has 0 saturated carbocycles. The summed E-state index contributed by atoms with van der Waals surface area (Å²) in [6.07, 6.45) is 5.27. The summed E-state index contributed by atoms with van der Waals surface area (Å²) in [5.74, 6) is 0.368. The lowest BCUT2D eigenvalue weighted by Gasteiger charge is -2.47. The number of piperazine rings is 1. The fourth-order valence-electron chi connectivity index (χ4n) is 3.26. The van der Waals surface area contributed by atoms with Gasteiger partial charge in [0.2, 0.25) is 0 Å². The predicted molar refractivity (Wildman–Crippen MR) is 72.7 cm³/mol. The Labute approximate surface area is 112 Å². The van der Waals surface area contributed by atoms with E-state index in [1.807, 2.05) is 4.90 Å². The van der Waals surface area contributed by atoms with Crippen LogP contribution in [0, 0.1) is 0 Å². The van der Waals surface area contributed by atoms with Gasteiger partial charge in [0.25, 0.3) is 5.91 Å². The third-order valence-electron chi connectivity index (χ3n) is 4.35. The van der Waals surface area contributed by atoms with Gasteiger partial charge in [0, 0.05) is 25.2 Å². The highest BCUT2D eigenvalue weighted by atomic mass is 16.2. The minimum Gasteiger partial charge on any atom is -0.383 e. The van der Waals surface area contributed by atoms with Crippen LogP contribution in [0.4, 0.5) is 5.82 Å². The number of hydrogen-bond donors (Lipinski definition) is 2. The van der Waals surface area contributed by atoms with Crippen LogP contribution in [0.5, 0.6) is 0 Å². The molecule has 0 radical (unpaired) electrons. The molecule has 0 aliphatic carbocycles. The van der Waals surface area contributed by atoms with Gasteiger partial charge in [0.1, 0.15) is 11.4 Å². The van der Waals surface area contributed by atoms with Crippen molar-refractivity contribution in [1.29, 1.82) is 0 Å². The number of nitrogens with one attached hydrogen (secondary N) is 1. The normalized spacial score (nSPS) is 28.2. The summed E-state index contributed by atoms with van der Waals surface area (Å²) < 4.78 is 0. The number of piperidine rings is 1. The standard InChI is InChI=1S/C13H21N5O/c1-9-7-17-5-3-2-4-10(17)8-18(9)13(19)11-6-15-16-12(11)14/h6,9-10H,2-5,7-8H2,1H3,(H3,14,15,16). The Bertz CT molecular complexity index is 471. The van der Waals surface area contributed by atoms with E-state index in [0.717, 1.165) is 13.1 Å². The molecule has 19 heavy (non-hydrogen) atoms. The third-order valence-corrected chi connectivity index (χ3v) is 4.35. The number of amides is 1. The van der Waals surface area contributed by atoms with Crippen molar-refractivity contribution in [3.63, 3.8) is 0 Å². The molecule has 2 atom stereocenters. The second-order valence-corrected chi connectivity index (χ2v) is 5.65. The number of hydrogen-bond acceptors (Lipinski definition) is 4. The van der Waals surface area contributed by atoms with Crippen LogP contribution < -0.4 is 5.73 Å². The number of carbonyl (C=O) groups is 1. The molecule has 2 fully saturated rings. The lowest BCUT2D eigenvalue weighted by molar-refractivity contribution is 0.0152. The number of aromatic nitrogens is 2. The van der Waals surface area contributed by atoms with Crippen LogP contribution in [0.15, 0.2) is 6.20 Å². The maximum Gasteiger partial charge on any atom is 0.259 e. The number of H-pyrrole nitrogens is 1. The number of nitrogen functional groups attached to an aromatic ring is 1. The first kappa shape index (κ1) is 12.5. The Morgan fingerprint density at radius 3 is 3.05 bits per heavy atom. The Balaban J connectivity index is 1.77. The van der Waals surface area contributed by atoms with Gasteiger partial charge in [-0.1, -0.05) is 6.42 Å². The summed E-state index contributed by atoms with van der Waals surface area (Å²) in [5, 5.41) is 6.47. The van der Waals surface area contributed by atoms with Gasteiger partial charge in [0.15, 0.2) is 0 Å². The van der Waals surface area contributed by atoms with E-state index in [4.69, 9.17) is 5.73 Å². The van der Waals surface area contributed by atoms with Crippen molar-refractivity contribution in [2.45, 2.75) is 38.3 Å². The fraction of sp³-hybridized carbons (Fsp3) is 0.692. The predicted octanol–water partition coefficient (Wildman–Crippen LogP) is 0.691. The van der Waals surface area contributed by atoms with Crippen LogP contribution in [0.2, 0.25) is 0 Å². The molecule has 1 aromatic rings. The third kappa shape index (κ3) is 2.20. The zero-order valence-electron chi connectivity index (χ0n) is 11.3. The average Bonchev–Trinajstić information content (AvgIpc) is 2.83. The zero-order chi connectivity index (χ0) is 13.4. The maximum atomic E-state index is 12.5. The summed E-state index contributed by atoms with van der Waals surface area (Å²) in [6.45, 7) is 5.06. The largest absolute Gasteiger partial charge is 0.383 e. The van der Waals surface area contributed by atoms with E-state index in [1.165, 1.54) is 32.0 Å². The van der Waals surface area contributed by atoms with Gasteiger partial charge in [-0.15, -0.1) is 0 Å². The number of anilines is 1. The molecule has 104 valence electrons. The topological polar surface area (TPSA) is 78.2 Å². The lowest BCUT2D eigenvalue weighted by Crippen LogP contribution is -2.60. The van der Waals surface area contributed by atoms with Crippen molar-refractivity contribution >= 4 is 11.7 Å². The number of rotatable bonds is 1. The van der Waals surface area contributed by atoms with Crippen LogP contribution in [-0.2, 0) is 0 Å². The number of carbonyl (C=O) groups excluding carboxylic acids is 1. The number of nitrogens with two attached hydrogens (primary N) is 1. The van der Waals surface area contributed by atoms with Crippen molar-refractivity contribution < 1.29 is 4.79 Å². The summed E-state index contributed by atoms with van der Waals surface area (Å²) in [5.41, 5.74) is 6.25. The monoisotopic (exact) mass is 263 g/mol. The van der Waals surface area contributed by atoms with Crippen molar-refractivity contribution in [2.75, 3.05) is 25.4 Å². The van der Waals surface area contributed by atoms with E-state index in [2.05, 4.69) is 22.0 Å². The molecule has 1 aromatic heterocycles. The van der Waals surface area contributed by atoms with Crippen molar-refractivity contribution in [3.8, 4) is 0 Å². The number of nitrogens with zero attached hydrogens (tertiary/aromatic N) is 3. The molecule has 0 aromatic carbocycles. The molecule has 0 spiro atoms. The second kappa shape index (κ2) is 4.85. The smallest absolute Gasteiger partial charge is 0.259 e. The van der Waals surface area contributed by atoms with Crippen molar-refractivity contribution in [3.05, 3.63) is 11.8 Å². The van der Waals surface area contributed by atoms with Gasteiger partial charge in [-0.3, -0.25) is 14.8 Å². The molecular weight excluding hydrogens is 242 g/mol. The Hall–Kier alpha value is -1.56. The second-order valence-electron chi connectivity index (χ2n) is 5.65. The van der Waals surface area contributed by atoms with Crippen LogP contribution in [0.1, 0.15) is 36.5 Å². The van der Waals surface area contributed by atoms with Crippen molar-refractivity contribution in [2.24, 2.45) is 0 Å². The van der Waals surface area contributed by atoms with Gasteiger partial charge in [-0.25, -0.2) is 0 Å². The van der Waals surface area contributed by atoms with Crippen LogP contribution in [-0.4, -0.2) is 57.6 Å². The van der Waals surface area contributed by atoms with Gasteiger partial charge < -0.3 is 10.6 Å². The van der Waals surface area contributed by atoms with E-state index >= 15 is 0 Å².